The molecule has 0 aliphatic carbocycles. The molecule has 0 radical (unpaired) electrons. The lowest BCUT2D eigenvalue weighted by Gasteiger charge is -2.19. The lowest BCUT2D eigenvalue weighted by Crippen LogP contribution is -2.16. The molecule has 0 spiro atoms. The van der Waals surface area contributed by atoms with Crippen LogP contribution in [0.15, 0.2) is 16.6 Å². The maximum Gasteiger partial charge on any atom is 0.336 e. The lowest BCUT2D eigenvalue weighted by atomic mass is 10.2. The largest absolute Gasteiger partial charge is 0.486 e. The third-order valence-electron chi connectivity index (χ3n) is 1.88. The number of ether oxygens (including phenoxy) is 2. The van der Waals surface area contributed by atoms with Gasteiger partial charge in [0.1, 0.15) is 13.2 Å². The molecule has 0 aromatic heterocycles. The average Bonchev–Trinajstić information content (AvgIpc) is 2.18. The fourth-order valence-corrected chi connectivity index (χ4v) is 1.86. The number of halogens is 1. The fourth-order valence-electron chi connectivity index (χ4n) is 1.25. The molecule has 0 bridgehead atoms. The van der Waals surface area contributed by atoms with Crippen molar-refractivity contribution in [1.82, 2.24) is 0 Å². The van der Waals surface area contributed by atoms with E-state index >= 15 is 0 Å². The summed E-state index contributed by atoms with van der Waals surface area (Å²) in [6, 6.07) is 3.09. The van der Waals surface area contributed by atoms with E-state index in [0.29, 0.717) is 29.2 Å². The van der Waals surface area contributed by atoms with Gasteiger partial charge in [-0.05, 0) is 28.1 Å². The molecule has 0 saturated heterocycles. The minimum absolute atomic E-state index is 0.175. The summed E-state index contributed by atoms with van der Waals surface area (Å²) in [5.41, 5.74) is 0.175. The van der Waals surface area contributed by atoms with Gasteiger partial charge in [0.2, 0.25) is 0 Å². The first-order valence-corrected chi connectivity index (χ1v) is 4.81. The molecule has 1 aliphatic rings. The van der Waals surface area contributed by atoms with Crippen LogP contribution >= 0.6 is 15.9 Å². The summed E-state index contributed by atoms with van der Waals surface area (Å²) < 4.78 is 11.0. The number of benzene rings is 1. The Balaban J connectivity index is 2.54. The van der Waals surface area contributed by atoms with Gasteiger partial charge in [-0.3, -0.25) is 0 Å². The number of rotatable bonds is 1. The number of aromatic carboxylic acids is 1. The minimum Gasteiger partial charge on any atom is -0.486 e. The Labute approximate surface area is 88.6 Å². The molecule has 0 saturated carbocycles. The molecule has 2 rings (SSSR count). The molecule has 1 N–H and O–H groups in total. The molecule has 5 heteroatoms. The van der Waals surface area contributed by atoms with Crippen molar-refractivity contribution in [2.24, 2.45) is 0 Å². The molecular formula is C9H7BrO4. The second kappa shape index (κ2) is 3.49. The highest BCUT2D eigenvalue weighted by atomic mass is 79.9. The van der Waals surface area contributed by atoms with E-state index in [2.05, 4.69) is 15.9 Å². The number of hydrogen-bond donors (Lipinski definition) is 1. The summed E-state index contributed by atoms with van der Waals surface area (Å²) in [6.07, 6.45) is 0. The standard InChI is InChI=1S/C9H7BrO4/c10-7-5(9(11)12)1-2-6-8(7)14-4-3-13-6/h1-2H,3-4H2,(H,11,12). The highest BCUT2D eigenvalue weighted by molar-refractivity contribution is 9.10. The van der Waals surface area contributed by atoms with Crippen LogP contribution in [-0.2, 0) is 0 Å². The fraction of sp³-hybridized carbons (Fsp3) is 0.222. The van der Waals surface area contributed by atoms with Gasteiger partial charge in [0.25, 0.3) is 0 Å². The first kappa shape index (κ1) is 9.33. The quantitative estimate of drug-likeness (QED) is 0.837. The first-order valence-electron chi connectivity index (χ1n) is 4.01. The zero-order valence-electron chi connectivity index (χ0n) is 7.12. The van der Waals surface area contributed by atoms with Crippen LogP contribution in [0.3, 0.4) is 0 Å². The van der Waals surface area contributed by atoms with Crippen molar-refractivity contribution in [1.29, 1.82) is 0 Å². The van der Waals surface area contributed by atoms with Gasteiger partial charge in [-0.25, -0.2) is 4.79 Å². The van der Waals surface area contributed by atoms with Crippen LogP contribution in [0.2, 0.25) is 0 Å². The molecule has 1 aliphatic heterocycles. The monoisotopic (exact) mass is 258 g/mol. The molecule has 1 aromatic carbocycles. The molecule has 0 amide bonds. The highest BCUT2D eigenvalue weighted by Crippen LogP contribution is 2.39. The molecule has 0 unspecified atom stereocenters. The van der Waals surface area contributed by atoms with Crippen LogP contribution in [-0.4, -0.2) is 24.3 Å². The van der Waals surface area contributed by atoms with Gasteiger partial charge in [-0.1, -0.05) is 0 Å². The Hall–Kier alpha value is -1.23. The van der Waals surface area contributed by atoms with E-state index in [1.807, 2.05) is 0 Å². The Kier molecular flexibility index (Phi) is 2.33. The summed E-state index contributed by atoms with van der Waals surface area (Å²) >= 11 is 3.18. The summed E-state index contributed by atoms with van der Waals surface area (Å²) in [5.74, 6) is 0.0538. The van der Waals surface area contributed by atoms with Crippen LogP contribution < -0.4 is 9.47 Å². The van der Waals surface area contributed by atoms with E-state index in [-0.39, 0.29) is 5.56 Å². The Morgan fingerprint density at radius 2 is 2.07 bits per heavy atom. The van der Waals surface area contributed by atoms with Gasteiger partial charge in [0, 0.05) is 0 Å². The van der Waals surface area contributed by atoms with Crippen LogP contribution in [0.4, 0.5) is 0 Å². The average molecular weight is 259 g/mol. The second-order valence-electron chi connectivity index (χ2n) is 2.76. The van der Waals surface area contributed by atoms with Gasteiger partial charge in [-0.2, -0.15) is 0 Å². The molecule has 0 fully saturated rings. The second-order valence-corrected chi connectivity index (χ2v) is 3.55. The van der Waals surface area contributed by atoms with E-state index in [4.69, 9.17) is 14.6 Å². The van der Waals surface area contributed by atoms with Crippen LogP contribution in [0.5, 0.6) is 11.5 Å². The molecule has 74 valence electrons. The topological polar surface area (TPSA) is 55.8 Å². The molecular weight excluding hydrogens is 252 g/mol. The number of hydrogen-bond acceptors (Lipinski definition) is 3. The summed E-state index contributed by atoms with van der Waals surface area (Å²) in [6.45, 7) is 0.931. The summed E-state index contributed by atoms with van der Waals surface area (Å²) in [5, 5.41) is 8.84. The summed E-state index contributed by atoms with van der Waals surface area (Å²) in [7, 11) is 0. The molecule has 0 atom stereocenters. The zero-order valence-corrected chi connectivity index (χ0v) is 8.70. The van der Waals surface area contributed by atoms with Gasteiger partial charge >= 0.3 is 5.97 Å². The predicted molar refractivity (Wildman–Crippen MR) is 52.1 cm³/mol. The Morgan fingerprint density at radius 3 is 2.79 bits per heavy atom. The van der Waals surface area contributed by atoms with E-state index in [1.165, 1.54) is 6.07 Å². The molecule has 1 heterocycles. The maximum atomic E-state index is 10.8. The number of carboxylic acids is 1. The van der Waals surface area contributed by atoms with Crippen molar-refractivity contribution >= 4 is 21.9 Å². The summed E-state index contributed by atoms with van der Waals surface area (Å²) in [4.78, 5) is 10.8. The van der Waals surface area contributed by atoms with E-state index in [9.17, 15) is 4.79 Å². The SMILES string of the molecule is O=C(O)c1ccc2c(c1Br)OCCO2. The van der Waals surface area contributed by atoms with Crippen LogP contribution in [0, 0.1) is 0 Å². The molecule has 14 heavy (non-hydrogen) atoms. The minimum atomic E-state index is -0.992. The van der Waals surface area contributed by atoms with Gasteiger partial charge in [-0.15, -0.1) is 0 Å². The first-order chi connectivity index (χ1) is 6.70. The van der Waals surface area contributed by atoms with E-state index in [1.54, 1.807) is 6.07 Å². The van der Waals surface area contributed by atoms with Crippen molar-refractivity contribution in [2.45, 2.75) is 0 Å². The predicted octanol–water partition coefficient (Wildman–Crippen LogP) is 1.92. The van der Waals surface area contributed by atoms with Crippen molar-refractivity contribution < 1.29 is 19.4 Å². The third kappa shape index (κ3) is 1.43. The highest BCUT2D eigenvalue weighted by Gasteiger charge is 2.20. The Morgan fingerprint density at radius 1 is 1.36 bits per heavy atom. The van der Waals surface area contributed by atoms with Crippen molar-refractivity contribution in [3.05, 3.63) is 22.2 Å². The van der Waals surface area contributed by atoms with Gasteiger partial charge in [0.05, 0.1) is 10.0 Å². The van der Waals surface area contributed by atoms with Gasteiger partial charge in [0.15, 0.2) is 11.5 Å². The number of carbonyl (C=O) groups is 1. The van der Waals surface area contributed by atoms with Crippen molar-refractivity contribution in [3.8, 4) is 11.5 Å². The van der Waals surface area contributed by atoms with Gasteiger partial charge < -0.3 is 14.6 Å². The van der Waals surface area contributed by atoms with Crippen molar-refractivity contribution in [2.75, 3.05) is 13.2 Å². The molecule has 4 nitrogen and oxygen atoms in total. The normalized spacial score (nSPS) is 13.8. The number of carboxylic acid groups (broad SMARTS) is 1. The maximum absolute atomic E-state index is 10.8. The number of fused-ring (bicyclic) bond motifs is 1. The third-order valence-corrected chi connectivity index (χ3v) is 2.67. The van der Waals surface area contributed by atoms with Crippen LogP contribution in [0.1, 0.15) is 10.4 Å². The lowest BCUT2D eigenvalue weighted by molar-refractivity contribution is 0.0694. The van der Waals surface area contributed by atoms with Crippen molar-refractivity contribution in [3.63, 3.8) is 0 Å². The Bertz CT molecular complexity index is 389. The van der Waals surface area contributed by atoms with E-state index < -0.39 is 5.97 Å². The molecule has 1 aromatic rings. The smallest absolute Gasteiger partial charge is 0.336 e. The van der Waals surface area contributed by atoms with E-state index in [0.717, 1.165) is 0 Å². The van der Waals surface area contributed by atoms with Crippen LogP contribution in [0.25, 0.3) is 0 Å². The zero-order chi connectivity index (χ0) is 10.1.